The molecule has 0 atom stereocenters. The standard InChI is InChI=1S/C18H17N3O2.C11H12N2O.C7H7NO2.CH4/c22-18-15-2-1-7-19-17(15)12-16(20-18)13-3-5-14(6-4-13)21-8-10-23-11-9-21;12-9-10-1-3-11(4-2-10)13-5-7-14-8-6-13;1-5-6(7(9)10)3-2-4-8-5;/h1-7,12H,8-11H2,(H,20,22);1-4H,5-8H2;2-4H,1H3,(H,9,10);1H4. The van der Waals surface area contributed by atoms with Gasteiger partial charge in [0.25, 0.3) is 5.56 Å². The van der Waals surface area contributed by atoms with Crippen molar-refractivity contribution in [3.8, 4) is 17.3 Å². The molecule has 2 saturated heterocycles. The first-order valence-corrected chi connectivity index (χ1v) is 15.3. The Labute approximate surface area is 280 Å². The van der Waals surface area contributed by atoms with Gasteiger partial charge < -0.3 is 29.4 Å². The molecule has 2 aliphatic rings. The summed E-state index contributed by atoms with van der Waals surface area (Å²) in [4.78, 5) is 38.2. The minimum Gasteiger partial charge on any atom is -0.478 e. The Morgan fingerprint density at radius 3 is 1.90 bits per heavy atom. The molecule has 3 aromatic heterocycles. The monoisotopic (exact) mass is 648 g/mol. The molecule has 0 saturated carbocycles. The molecule has 0 amide bonds. The highest BCUT2D eigenvalue weighted by Gasteiger charge is 2.12. The topological polar surface area (TPSA) is 145 Å². The SMILES string of the molecule is C.Cc1ncccc1C(=O)O.N#Cc1ccc(N2CCOCC2)cc1.O=c1[nH]c(-c2ccc(N3CCOCC3)cc2)cc2ncccc12. The van der Waals surface area contributed by atoms with E-state index in [0.717, 1.165) is 63.9 Å². The van der Waals surface area contributed by atoms with Gasteiger partial charge in [0.2, 0.25) is 0 Å². The molecule has 0 spiro atoms. The third-order valence-electron chi connectivity index (χ3n) is 7.78. The zero-order valence-electron chi connectivity index (χ0n) is 26.1. The predicted octanol–water partition coefficient (Wildman–Crippen LogP) is 5.55. The van der Waals surface area contributed by atoms with Crippen LogP contribution in [-0.2, 0) is 9.47 Å². The first kappa shape index (κ1) is 35.3. The minimum absolute atomic E-state index is 0. The number of benzene rings is 2. The van der Waals surface area contributed by atoms with E-state index in [4.69, 9.17) is 19.8 Å². The summed E-state index contributed by atoms with van der Waals surface area (Å²) in [5.41, 5.74) is 6.25. The summed E-state index contributed by atoms with van der Waals surface area (Å²) in [6, 6.07) is 26.6. The van der Waals surface area contributed by atoms with Gasteiger partial charge in [0.1, 0.15) is 0 Å². The van der Waals surface area contributed by atoms with Crippen molar-refractivity contribution in [1.29, 1.82) is 5.26 Å². The van der Waals surface area contributed by atoms with Gasteiger partial charge in [-0.15, -0.1) is 0 Å². The van der Waals surface area contributed by atoms with E-state index in [1.165, 1.54) is 17.4 Å². The van der Waals surface area contributed by atoms with E-state index in [-0.39, 0.29) is 18.5 Å². The number of nitriles is 1. The van der Waals surface area contributed by atoms with Gasteiger partial charge >= 0.3 is 5.97 Å². The van der Waals surface area contributed by atoms with E-state index in [1.54, 1.807) is 37.5 Å². The molecular weight excluding hydrogens is 608 g/mol. The van der Waals surface area contributed by atoms with E-state index >= 15 is 0 Å². The molecule has 7 rings (SSSR count). The molecule has 0 radical (unpaired) electrons. The number of aromatic nitrogens is 3. The fourth-order valence-electron chi connectivity index (χ4n) is 5.19. The molecule has 5 heterocycles. The normalized spacial score (nSPS) is 13.9. The number of anilines is 2. The van der Waals surface area contributed by atoms with Gasteiger partial charge in [-0.2, -0.15) is 5.26 Å². The highest BCUT2D eigenvalue weighted by molar-refractivity contribution is 5.88. The summed E-state index contributed by atoms with van der Waals surface area (Å²) in [6.07, 6.45) is 3.27. The maximum absolute atomic E-state index is 12.2. The number of morpholine rings is 2. The molecule has 248 valence electrons. The number of hydrogen-bond acceptors (Lipinski definition) is 9. The second-order valence-corrected chi connectivity index (χ2v) is 10.8. The van der Waals surface area contributed by atoms with Crippen LogP contribution in [0.4, 0.5) is 11.4 Å². The second kappa shape index (κ2) is 17.4. The second-order valence-electron chi connectivity index (χ2n) is 10.8. The Kier molecular flexibility index (Phi) is 12.8. The smallest absolute Gasteiger partial charge is 0.337 e. The van der Waals surface area contributed by atoms with Gasteiger partial charge in [-0.05, 0) is 79.2 Å². The number of nitrogens with zero attached hydrogens (tertiary/aromatic N) is 5. The van der Waals surface area contributed by atoms with E-state index in [2.05, 4.69) is 43.0 Å². The Hall–Kier alpha value is -5.57. The van der Waals surface area contributed by atoms with Gasteiger partial charge in [0.05, 0.1) is 65.9 Å². The van der Waals surface area contributed by atoms with Gasteiger partial charge in [0, 0.05) is 49.9 Å². The van der Waals surface area contributed by atoms with E-state index in [9.17, 15) is 9.59 Å². The van der Waals surface area contributed by atoms with E-state index in [0.29, 0.717) is 22.2 Å². The van der Waals surface area contributed by atoms with Gasteiger partial charge in [-0.1, -0.05) is 19.6 Å². The lowest BCUT2D eigenvalue weighted by atomic mass is 10.1. The quantitative estimate of drug-likeness (QED) is 0.255. The van der Waals surface area contributed by atoms with E-state index < -0.39 is 5.97 Å². The van der Waals surface area contributed by atoms with Crippen molar-refractivity contribution in [3.63, 3.8) is 0 Å². The third-order valence-corrected chi connectivity index (χ3v) is 7.78. The van der Waals surface area contributed by atoms with Crippen LogP contribution in [0.5, 0.6) is 0 Å². The number of carboxylic acid groups (broad SMARTS) is 1. The first-order valence-electron chi connectivity index (χ1n) is 15.3. The lowest BCUT2D eigenvalue weighted by Gasteiger charge is -2.28. The Morgan fingerprint density at radius 1 is 0.833 bits per heavy atom. The Balaban J connectivity index is 0.000000178. The molecule has 2 fully saturated rings. The van der Waals surface area contributed by atoms with Crippen LogP contribution in [0.25, 0.3) is 22.2 Å². The molecular formula is C37H40N6O5. The molecule has 11 heteroatoms. The molecule has 5 aromatic rings. The molecule has 11 nitrogen and oxygen atoms in total. The fraction of sp³-hybridized carbons (Fsp3) is 0.270. The maximum Gasteiger partial charge on any atom is 0.337 e. The summed E-state index contributed by atoms with van der Waals surface area (Å²) in [7, 11) is 0. The molecule has 48 heavy (non-hydrogen) atoms. The lowest BCUT2D eigenvalue weighted by molar-refractivity contribution is 0.0695. The fourth-order valence-corrected chi connectivity index (χ4v) is 5.19. The minimum atomic E-state index is -0.925. The maximum atomic E-state index is 12.2. The summed E-state index contributed by atoms with van der Waals surface area (Å²) in [6.45, 7) is 8.49. The summed E-state index contributed by atoms with van der Waals surface area (Å²) in [5.74, 6) is -0.925. The zero-order chi connectivity index (χ0) is 33.0. The zero-order valence-corrected chi connectivity index (χ0v) is 26.1. The third kappa shape index (κ3) is 9.25. The van der Waals surface area contributed by atoms with Crippen molar-refractivity contribution in [2.75, 3.05) is 62.4 Å². The average molecular weight is 649 g/mol. The van der Waals surface area contributed by atoms with Crippen LogP contribution in [0.1, 0.15) is 29.0 Å². The summed E-state index contributed by atoms with van der Waals surface area (Å²) >= 11 is 0. The largest absolute Gasteiger partial charge is 0.478 e. The Bertz CT molecular complexity index is 1870. The molecule has 0 unspecified atom stereocenters. The number of H-pyrrole nitrogens is 1. The number of rotatable bonds is 4. The molecule has 2 aliphatic heterocycles. The Morgan fingerprint density at radius 2 is 1.38 bits per heavy atom. The summed E-state index contributed by atoms with van der Waals surface area (Å²) < 4.78 is 10.7. The number of fused-ring (bicyclic) bond motifs is 1. The number of carboxylic acids is 1. The van der Waals surface area contributed by atoms with Crippen LogP contribution in [0.15, 0.2) is 96.1 Å². The lowest BCUT2D eigenvalue weighted by Crippen LogP contribution is -2.36. The van der Waals surface area contributed by atoms with Crippen molar-refractivity contribution < 1.29 is 19.4 Å². The van der Waals surface area contributed by atoms with Crippen LogP contribution < -0.4 is 15.4 Å². The number of hydrogen-bond donors (Lipinski definition) is 2. The first-order chi connectivity index (χ1) is 22.9. The van der Waals surface area contributed by atoms with Crippen molar-refractivity contribution >= 4 is 28.2 Å². The number of ether oxygens (including phenoxy) is 2. The van der Waals surface area contributed by atoms with Crippen LogP contribution in [0, 0.1) is 18.3 Å². The highest BCUT2D eigenvalue weighted by Crippen LogP contribution is 2.23. The van der Waals surface area contributed by atoms with Crippen LogP contribution in [0.3, 0.4) is 0 Å². The number of nitrogens with one attached hydrogen (secondary N) is 1. The number of aryl methyl sites for hydroxylation is 1. The molecule has 0 aliphatic carbocycles. The van der Waals surface area contributed by atoms with Crippen molar-refractivity contribution in [3.05, 3.63) is 118 Å². The molecule has 0 bridgehead atoms. The van der Waals surface area contributed by atoms with Crippen LogP contribution in [0.2, 0.25) is 0 Å². The van der Waals surface area contributed by atoms with Gasteiger partial charge in [-0.3, -0.25) is 14.8 Å². The van der Waals surface area contributed by atoms with Crippen molar-refractivity contribution in [1.82, 2.24) is 15.0 Å². The summed E-state index contributed by atoms with van der Waals surface area (Å²) in [5, 5.41) is 17.8. The van der Waals surface area contributed by atoms with Crippen molar-refractivity contribution in [2.45, 2.75) is 14.4 Å². The molecule has 2 aromatic carbocycles. The number of carbonyl (C=O) groups is 1. The number of aromatic amines is 1. The van der Waals surface area contributed by atoms with Crippen LogP contribution >= 0.6 is 0 Å². The predicted molar refractivity (Wildman–Crippen MR) is 188 cm³/mol. The molecule has 2 N–H and O–H groups in total. The highest BCUT2D eigenvalue weighted by atomic mass is 16.5. The van der Waals surface area contributed by atoms with E-state index in [1.807, 2.05) is 42.5 Å². The average Bonchev–Trinajstić information content (AvgIpc) is 3.13. The van der Waals surface area contributed by atoms with Crippen molar-refractivity contribution in [2.24, 2.45) is 0 Å². The van der Waals surface area contributed by atoms with Crippen LogP contribution in [-0.4, -0.2) is 78.6 Å². The number of pyridine rings is 3. The van der Waals surface area contributed by atoms with Gasteiger partial charge in [0.15, 0.2) is 0 Å². The van der Waals surface area contributed by atoms with Gasteiger partial charge in [-0.25, -0.2) is 4.79 Å². The number of aromatic carboxylic acids is 1.